The molecule has 0 radical (unpaired) electrons. The summed E-state index contributed by atoms with van der Waals surface area (Å²) < 4.78 is 87.2. The third-order valence-corrected chi connectivity index (χ3v) is 0.960. The van der Waals surface area contributed by atoms with Gasteiger partial charge in [-0.2, -0.15) is 17.6 Å². The number of carboxylic acids is 1. The highest BCUT2D eigenvalue weighted by Gasteiger charge is 2.64. The molecule has 0 aromatic carbocycles. The second-order valence-corrected chi connectivity index (χ2v) is 2.26. The predicted molar refractivity (Wildman–Crippen MR) is 30.6 cm³/mol. The predicted octanol–water partition coefficient (Wildman–Crippen LogP) is 1.81. The van der Waals surface area contributed by atoms with Crippen molar-refractivity contribution in [3.05, 3.63) is 0 Å². The maximum atomic E-state index is 12.2. The van der Waals surface area contributed by atoms with Gasteiger partial charge in [-0.15, -0.1) is 13.2 Å². The molecule has 0 fully saturated rings. The van der Waals surface area contributed by atoms with E-state index in [-0.39, 0.29) is 0 Å². The van der Waals surface area contributed by atoms with Gasteiger partial charge in [0.2, 0.25) is 0 Å². The van der Waals surface area contributed by atoms with Crippen LogP contribution in [0.1, 0.15) is 0 Å². The van der Waals surface area contributed by atoms with Gasteiger partial charge in [-0.1, -0.05) is 0 Å². The van der Waals surface area contributed by atoms with Crippen molar-refractivity contribution in [1.29, 1.82) is 0 Å². The lowest BCUT2D eigenvalue weighted by Gasteiger charge is -2.25. The zero-order valence-electron chi connectivity index (χ0n) is 7.02. The number of alkyl halides is 7. The Labute approximate surface area is 82.5 Å². The second-order valence-electron chi connectivity index (χ2n) is 2.26. The first-order chi connectivity index (χ1) is 6.87. The standard InChI is InChI=1S/C5H3F7O4/c6-3(7,15-1-2(13)14)4(8,9)16-5(10,11)12/h1H2,(H,13,14). The van der Waals surface area contributed by atoms with Gasteiger partial charge in [-0.3, -0.25) is 0 Å². The first-order valence-electron chi connectivity index (χ1n) is 3.26. The fourth-order valence-corrected chi connectivity index (χ4v) is 0.441. The van der Waals surface area contributed by atoms with Crippen molar-refractivity contribution in [3.63, 3.8) is 0 Å². The van der Waals surface area contributed by atoms with Crippen molar-refractivity contribution in [2.45, 2.75) is 18.6 Å². The molecule has 11 heteroatoms. The lowest BCUT2D eigenvalue weighted by Crippen LogP contribution is -2.48. The number of carboxylic acid groups (broad SMARTS) is 1. The molecule has 0 aliphatic carbocycles. The van der Waals surface area contributed by atoms with E-state index in [1.54, 1.807) is 0 Å². The van der Waals surface area contributed by atoms with E-state index in [1.165, 1.54) is 0 Å². The number of halogens is 7. The quantitative estimate of drug-likeness (QED) is 0.766. The van der Waals surface area contributed by atoms with Crippen molar-refractivity contribution in [3.8, 4) is 0 Å². The van der Waals surface area contributed by atoms with Crippen molar-refractivity contribution in [2.24, 2.45) is 0 Å². The van der Waals surface area contributed by atoms with E-state index >= 15 is 0 Å². The van der Waals surface area contributed by atoms with Gasteiger partial charge in [0.05, 0.1) is 0 Å². The zero-order valence-corrected chi connectivity index (χ0v) is 7.02. The fraction of sp³-hybridized carbons (Fsp3) is 0.800. The Morgan fingerprint density at radius 2 is 1.44 bits per heavy atom. The molecule has 0 saturated heterocycles. The number of hydrogen-bond acceptors (Lipinski definition) is 3. The van der Waals surface area contributed by atoms with Crippen molar-refractivity contribution in [1.82, 2.24) is 0 Å². The van der Waals surface area contributed by atoms with E-state index in [0.29, 0.717) is 0 Å². The average molecular weight is 260 g/mol. The van der Waals surface area contributed by atoms with Crippen LogP contribution in [0.4, 0.5) is 30.7 Å². The molecule has 0 aliphatic heterocycles. The number of rotatable bonds is 5. The van der Waals surface area contributed by atoms with Gasteiger partial charge in [-0.25, -0.2) is 9.53 Å². The van der Waals surface area contributed by atoms with Crippen LogP contribution in [0, 0.1) is 0 Å². The zero-order chi connectivity index (χ0) is 13.2. The van der Waals surface area contributed by atoms with Crippen LogP contribution < -0.4 is 0 Å². The minimum Gasteiger partial charge on any atom is -0.480 e. The highest BCUT2D eigenvalue weighted by atomic mass is 19.4. The molecular weight excluding hydrogens is 257 g/mol. The lowest BCUT2D eigenvalue weighted by molar-refractivity contribution is -0.503. The maximum absolute atomic E-state index is 12.2. The molecular formula is C5H3F7O4. The molecule has 4 nitrogen and oxygen atoms in total. The monoisotopic (exact) mass is 260 g/mol. The number of aliphatic carboxylic acids is 1. The minimum atomic E-state index is -6.03. The van der Waals surface area contributed by atoms with E-state index in [2.05, 4.69) is 4.74 Å². The molecule has 0 heterocycles. The number of carbonyl (C=O) groups is 1. The van der Waals surface area contributed by atoms with Crippen LogP contribution >= 0.6 is 0 Å². The summed E-state index contributed by atoms with van der Waals surface area (Å²) in [6.45, 7) is -1.91. The van der Waals surface area contributed by atoms with Crippen LogP contribution in [-0.2, 0) is 14.3 Å². The first-order valence-corrected chi connectivity index (χ1v) is 3.26. The molecule has 1 N–H and O–H groups in total. The summed E-state index contributed by atoms with van der Waals surface area (Å²) in [5, 5.41) is 7.81. The van der Waals surface area contributed by atoms with E-state index in [4.69, 9.17) is 5.11 Å². The van der Waals surface area contributed by atoms with Crippen molar-refractivity contribution in [2.75, 3.05) is 6.61 Å². The normalized spacial score (nSPS) is 13.9. The van der Waals surface area contributed by atoms with Crippen molar-refractivity contribution < 1.29 is 50.1 Å². The summed E-state index contributed by atoms with van der Waals surface area (Å²) in [6, 6.07) is 0. The van der Waals surface area contributed by atoms with E-state index < -0.39 is 31.2 Å². The van der Waals surface area contributed by atoms with Gasteiger partial charge in [-0.05, 0) is 0 Å². The first kappa shape index (κ1) is 14.9. The van der Waals surface area contributed by atoms with Gasteiger partial charge in [0, 0.05) is 0 Å². The molecule has 0 bridgehead atoms. The van der Waals surface area contributed by atoms with Crippen LogP contribution in [0.3, 0.4) is 0 Å². The van der Waals surface area contributed by atoms with Gasteiger partial charge in [0.15, 0.2) is 6.61 Å². The van der Waals surface area contributed by atoms with Crippen LogP contribution in [-0.4, -0.2) is 36.3 Å². The molecule has 0 saturated carbocycles. The van der Waals surface area contributed by atoms with Gasteiger partial charge < -0.3 is 9.84 Å². The fourth-order valence-electron chi connectivity index (χ4n) is 0.441. The summed E-state index contributed by atoms with van der Waals surface area (Å²) in [7, 11) is 0. The van der Waals surface area contributed by atoms with E-state index in [1.807, 2.05) is 4.74 Å². The van der Waals surface area contributed by atoms with Crippen LogP contribution in [0.5, 0.6) is 0 Å². The van der Waals surface area contributed by atoms with Crippen LogP contribution in [0.25, 0.3) is 0 Å². The number of ether oxygens (including phenoxy) is 2. The topological polar surface area (TPSA) is 55.8 Å². The highest BCUT2D eigenvalue weighted by molar-refractivity contribution is 5.68. The third kappa shape index (κ3) is 4.61. The Morgan fingerprint density at radius 1 is 1.00 bits per heavy atom. The Kier molecular flexibility index (Phi) is 4.11. The Morgan fingerprint density at radius 3 is 1.75 bits per heavy atom. The summed E-state index contributed by atoms with van der Waals surface area (Å²) >= 11 is 0. The summed E-state index contributed by atoms with van der Waals surface area (Å²) in [5.41, 5.74) is 0. The summed E-state index contributed by atoms with van der Waals surface area (Å²) in [4.78, 5) is 9.69. The number of hydrogen-bond donors (Lipinski definition) is 1. The molecule has 0 unspecified atom stereocenters. The summed E-state index contributed by atoms with van der Waals surface area (Å²) in [5.74, 6) is -2.07. The average Bonchev–Trinajstić information content (AvgIpc) is 1.95. The largest absolute Gasteiger partial charge is 0.527 e. The molecule has 0 rings (SSSR count). The molecule has 0 atom stereocenters. The highest BCUT2D eigenvalue weighted by Crippen LogP contribution is 2.40. The van der Waals surface area contributed by atoms with Gasteiger partial charge in [0.25, 0.3) is 0 Å². The molecule has 0 aromatic heterocycles. The molecule has 16 heavy (non-hydrogen) atoms. The summed E-state index contributed by atoms with van der Waals surface area (Å²) in [6.07, 6.45) is -17.8. The van der Waals surface area contributed by atoms with Crippen LogP contribution in [0.15, 0.2) is 0 Å². The SMILES string of the molecule is O=C(O)COC(F)(F)C(F)(F)OC(F)(F)F. The van der Waals surface area contributed by atoms with Crippen molar-refractivity contribution >= 4 is 5.97 Å². The molecule has 0 aromatic rings. The molecule has 0 aliphatic rings. The smallest absolute Gasteiger partial charge is 0.480 e. The second kappa shape index (κ2) is 4.41. The third-order valence-electron chi connectivity index (χ3n) is 0.960. The van der Waals surface area contributed by atoms with E-state index in [0.717, 1.165) is 0 Å². The molecule has 0 spiro atoms. The molecule has 0 amide bonds. The Balaban J connectivity index is 4.63. The Bertz CT molecular complexity index is 260. The van der Waals surface area contributed by atoms with Crippen LogP contribution in [0.2, 0.25) is 0 Å². The Hall–Kier alpha value is -1.10. The lowest BCUT2D eigenvalue weighted by atomic mass is 10.5. The molecule has 96 valence electrons. The maximum Gasteiger partial charge on any atom is 0.527 e. The van der Waals surface area contributed by atoms with Gasteiger partial charge >= 0.3 is 24.5 Å². The minimum absolute atomic E-state index is 1.82. The van der Waals surface area contributed by atoms with E-state index in [9.17, 15) is 35.5 Å². The van der Waals surface area contributed by atoms with Gasteiger partial charge in [0.1, 0.15) is 0 Å².